The van der Waals surface area contributed by atoms with Crippen LogP contribution in [0.25, 0.3) is 0 Å². The number of phenols is 2. The van der Waals surface area contributed by atoms with Gasteiger partial charge in [0.2, 0.25) is 9.05 Å². The first kappa shape index (κ1) is 11.1. The van der Waals surface area contributed by atoms with Gasteiger partial charge in [-0.05, 0) is 6.07 Å². The molecule has 0 saturated carbocycles. The number of hydrogen-bond acceptors (Lipinski definition) is 4. The van der Waals surface area contributed by atoms with Crippen LogP contribution in [0.4, 0.5) is 4.39 Å². The van der Waals surface area contributed by atoms with E-state index >= 15 is 0 Å². The zero-order chi connectivity index (χ0) is 10.9. The van der Waals surface area contributed by atoms with E-state index in [-0.39, 0.29) is 5.56 Å². The molecule has 0 saturated heterocycles. The summed E-state index contributed by atoms with van der Waals surface area (Å²) in [5.74, 6) is -3.50. The van der Waals surface area contributed by atoms with Gasteiger partial charge in [-0.2, -0.15) is 0 Å². The lowest BCUT2D eigenvalue weighted by atomic mass is 10.2. The van der Waals surface area contributed by atoms with Gasteiger partial charge in [0.05, 0.1) is 5.75 Å². The van der Waals surface area contributed by atoms with Gasteiger partial charge in [0.1, 0.15) is 0 Å². The summed E-state index contributed by atoms with van der Waals surface area (Å²) in [6.07, 6.45) is 0. The molecule has 0 fully saturated rings. The van der Waals surface area contributed by atoms with Crippen molar-refractivity contribution >= 4 is 19.7 Å². The van der Waals surface area contributed by atoms with Crippen LogP contribution in [0.5, 0.6) is 11.5 Å². The zero-order valence-electron chi connectivity index (χ0n) is 6.74. The lowest BCUT2D eigenvalue weighted by Gasteiger charge is -2.04. The quantitative estimate of drug-likeness (QED) is 0.604. The smallest absolute Gasteiger partial charge is 0.236 e. The second-order valence-corrected chi connectivity index (χ2v) is 5.36. The number of halogens is 2. The molecule has 7 heteroatoms. The first-order chi connectivity index (χ1) is 6.31. The topological polar surface area (TPSA) is 74.6 Å². The highest BCUT2D eigenvalue weighted by molar-refractivity contribution is 8.13. The molecule has 4 nitrogen and oxygen atoms in total. The molecule has 14 heavy (non-hydrogen) atoms. The number of hydrogen-bond donors (Lipinski definition) is 2. The van der Waals surface area contributed by atoms with Gasteiger partial charge in [-0.15, -0.1) is 0 Å². The third kappa shape index (κ3) is 2.49. The van der Waals surface area contributed by atoms with Crippen molar-refractivity contribution in [2.45, 2.75) is 5.75 Å². The average molecular weight is 241 g/mol. The first-order valence-corrected chi connectivity index (χ1v) is 5.91. The Kier molecular flexibility index (Phi) is 2.86. The van der Waals surface area contributed by atoms with Crippen molar-refractivity contribution in [2.24, 2.45) is 0 Å². The molecule has 0 bridgehead atoms. The maximum Gasteiger partial charge on any atom is 0.236 e. The molecule has 0 aliphatic rings. The van der Waals surface area contributed by atoms with Crippen molar-refractivity contribution in [3.8, 4) is 11.5 Å². The number of rotatable bonds is 2. The van der Waals surface area contributed by atoms with Crippen molar-refractivity contribution in [1.82, 2.24) is 0 Å². The van der Waals surface area contributed by atoms with Crippen molar-refractivity contribution in [3.05, 3.63) is 23.5 Å². The number of phenolic OH excluding ortho intramolecular Hbond substituents is 2. The summed E-state index contributed by atoms with van der Waals surface area (Å²) < 4.78 is 33.9. The molecule has 0 atom stereocenters. The molecule has 0 unspecified atom stereocenters. The summed E-state index contributed by atoms with van der Waals surface area (Å²) in [6.45, 7) is 0. The van der Waals surface area contributed by atoms with Gasteiger partial charge >= 0.3 is 0 Å². The molecule has 1 rings (SSSR count). The summed E-state index contributed by atoms with van der Waals surface area (Å²) in [7, 11) is 1.07. The predicted octanol–water partition coefficient (Wildman–Crippen LogP) is 1.31. The molecule has 0 heterocycles. The van der Waals surface area contributed by atoms with E-state index in [2.05, 4.69) is 0 Å². The van der Waals surface area contributed by atoms with E-state index in [0.717, 1.165) is 12.1 Å². The summed E-state index contributed by atoms with van der Waals surface area (Å²) >= 11 is 0. The molecule has 0 radical (unpaired) electrons. The van der Waals surface area contributed by atoms with E-state index in [1.807, 2.05) is 0 Å². The van der Waals surface area contributed by atoms with E-state index in [1.54, 1.807) is 0 Å². The van der Waals surface area contributed by atoms with Crippen molar-refractivity contribution < 1.29 is 23.0 Å². The van der Waals surface area contributed by atoms with Crippen LogP contribution >= 0.6 is 10.7 Å². The maximum absolute atomic E-state index is 12.6. The third-order valence-electron chi connectivity index (χ3n) is 1.51. The molecule has 0 aliphatic heterocycles. The highest BCUT2D eigenvalue weighted by Crippen LogP contribution is 2.32. The SMILES string of the molecule is O=S(=O)(Cl)Cc1ccc(F)c(O)c1O. The van der Waals surface area contributed by atoms with Gasteiger partial charge in [-0.3, -0.25) is 0 Å². The van der Waals surface area contributed by atoms with E-state index < -0.39 is 32.1 Å². The summed E-state index contributed by atoms with van der Waals surface area (Å²) in [5.41, 5.74) is -0.154. The van der Waals surface area contributed by atoms with Crippen LogP contribution in [0.15, 0.2) is 12.1 Å². The normalized spacial score (nSPS) is 11.6. The average Bonchev–Trinajstić information content (AvgIpc) is 2.04. The van der Waals surface area contributed by atoms with Gasteiger partial charge in [-0.1, -0.05) is 6.07 Å². The van der Waals surface area contributed by atoms with Crippen molar-refractivity contribution in [1.29, 1.82) is 0 Å². The summed E-state index contributed by atoms with van der Waals surface area (Å²) in [5, 5.41) is 18.0. The number of benzene rings is 1. The van der Waals surface area contributed by atoms with Crippen LogP contribution in [0.3, 0.4) is 0 Å². The largest absolute Gasteiger partial charge is 0.504 e. The molecule has 2 N–H and O–H groups in total. The molecule has 0 aliphatic carbocycles. The molecule has 78 valence electrons. The second-order valence-electron chi connectivity index (χ2n) is 2.59. The predicted molar refractivity (Wildman–Crippen MR) is 48.2 cm³/mol. The van der Waals surface area contributed by atoms with E-state index in [4.69, 9.17) is 20.9 Å². The Labute approximate surface area is 84.0 Å². The fourth-order valence-corrected chi connectivity index (χ4v) is 1.86. The van der Waals surface area contributed by atoms with Gasteiger partial charge < -0.3 is 10.2 Å². The molecular weight excluding hydrogens is 235 g/mol. The number of aromatic hydroxyl groups is 2. The Balaban J connectivity index is 3.19. The van der Waals surface area contributed by atoms with Crippen LogP contribution < -0.4 is 0 Å². The fraction of sp³-hybridized carbons (Fsp3) is 0.143. The maximum atomic E-state index is 12.6. The lowest BCUT2D eigenvalue weighted by Crippen LogP contribution is -1.96. The Morgan fingerprint density at radius 2 is 1.86 bits per heavy atom. The van der Waals surface area contributed by atoms with Gasteiger partial charge in [0.25, 0.3) is 0 Å². The van der Waals surface area contributed by atoms with E-state index in [0.29, 0.717) is 0 Å². The highest BCUT2D eigenvalue weighted by atomic mass is 35.7. The molecule has 0 aromatic heterocycles. The Bertz CT molecular complexity index is 457. The van der Waals surface area contributed by atoms with Crippen LogP contribution in [-0.2, 0) is 14.8 Å². The van der Waals surface area contributed by atoms with Crippen LogP contribution in [-0.4, -0.2) is 18.6 Å². The van der Waals surface area contributed by atoms with Gasteiger partial charge in [-0.25, -0.2) is 12.8 Å². The van der Waals surface area contributed by atoms with Gasteiger partial charge in [0.15, 0.2) is 17.3 Å². The first-order valence-electron chi connectivity index (χ1n) is 3.43. The van der Waals surface area contributed by atoms with E-state index in [1.165, 1.54) is 0 Å². The standard InChI is InChI=1S/C7H6ClFO4S/c8-14(12,13)3-4-1-2-5(9)7(11)6(4)10/h1-2,10-11H,3H2. The zero-order valence-corrected chi connectivity index (χ0v) is 8.31. The Morgan fingerprint density at radius 1 is 1.29 bits per heavy atom. The Hall–Kier alpha value is -1.01. The minimum absolute atomic E-state index is 0.154. The monoisotopic (exact) mass is 240 g/mol. The molecule has 1 aromatic rings. The van der Waals surface area contributed by atoms with Gasteiger partial charge in [0, 0.05) is 16.2 Å². The van der Waals surface area contributed by atoms with E-state index in [9.17, 15) is 12.8 Å². The van der Waals surface area contributed by atoms with Crippen LogP contribution in [0.2, 0.25) is 0 Å². The minimum atomic E-state index is -3.85. The highest BCUT2D eigenvalue weighted by Gasteiger charge is 2.16. The Morgan fingerprint density at radius 3 is 2.36 bits per heavy atom. The second kappa shape index (κ2) is 3.62. The van der Waals surface area contributed by atoms with Crippen molar-refractivity contribution in [3.63, 3.8) is 0 Å². The molecule has 1 aromatic carbocycles. The lowest BCUT2D eigenvalue weighted by molar-refractivity contribution is 0.376. The molecule has 0 spiro atoms. The molecular formula is C7H6ClFO4S. The molecule has 0 amide bonds. The minimum Gasteiger partial charge on any atom is -0.504 e. The third-order valence-corrected chi connectivity index (χ3v) is 2.50. The van der Waals surface area contributed by atoms with Crippen LogP contribution in [0.1, 0.15) is 5.56 Å². The van der Waals surface area contributed by atoms with Crippen molar-refractivity contribution in [2.75, 3.05) is 0 Å². The van der Waals surface area contributed by atoms with Crippen LogP contribution in [0, 0.1) is 5.82 Å². The summed E-state index contributed by atoms with van der Waals surface area (Å²) in [4.78, 5) is 0. The summed E-state index contributed by atoms with van der Waals surface area (Å²) in [6, 6.07) is 1.87. The fourth-order valence-electron chi connectivity index (χ4n) is 0.899.